The zero-order valence-corrected chi connectivity index (χ0v) is 30.5. The summed E-state index contributed by atoms with van der Waals surface area (Å²) in [7, 11) is 1.64. The lowest BCUT2D eigenvalue weighted by Gasteiger charge is -2.31. The summed E-state index contributed by atoms with van der Waals surface area (Å²) in [6.07, 6.45) is 7.33. The minimum atomic E-state index is -0.464. The van der Waals surface area contributed by atoms with Crippen molar-refractivity contribution >= 4 is 40.6 Å². The first-order chi connectivity index (χ1) is 24.7. The van der Waals surface area contributed by atoms with Gasteiger partial charge in [0.25, 0.3) is 0 Å². The molecule has 10 nitrogen and oxygen atoms in total. The summed E-state index contributed by atoms with van der Waals surface area (Å²) in [6.45, 7) is 8.43. The highest BCUT2D eigenvalue weighted by atomic mass is 35.5. The summed E-state index contributed by atoms with van der Waals surface area (Å²) < 4.78 is 21.5. The third-order valence-corrected chi connectivity index (χ3v) is 11.3. The van der Waals surface area contributed by atoms with Crippen molar-refractivity contribution in [3.63, 3.8) is 0 Å². The molecule has 1 amide bonds. The maximum absolute atomic E-state index is 15.7. The van der Waals surface area contributed by atoms with Gasteiger partial charge in [-0.15, -0.1) is 0 Å². The molecule has 51 heavy (non-hydrogen) atoms. The molecule has 3 aliphatic rings. The number of nitrogens with one attached hydrogen (secondary N) is 3. The van der Waals surface area contributed by atoms with Crippen molar-refractivity contribution in [3.8, 4) is 28.4 Å². The van der Waals surface area contributed by atoms with E-state index >= 15 is 4.39 Å². The SMILES string of the molecule is COc1nc(-c2ccnc(-c3cccc(Nc4nccc(CNC5CCN(C(C)=O)CC5)c4F)c3Cl)c2Cl)ccc1CN1CC[C@]2(CCNC2)C1. The molecule has 1 aromatic carbocycles. The Kier molecular flexibility index (Phi) is 10.7. The highest BCUT2D eigenvalue weighted by Crippen LogP contribution is 2.41. The van der Waals surface area contributed by atoms with E-state index in [0.717, 1.165) is 51.1 Å². The number of amides is 1. The summed E-state index contributed by atoms with van der Waals surface area (Å²) in [5.74, 6) is 0.257. The quantitative estimate of drug-likeness (QED) is 0.164. The van der Waals surface area contributed by atoms with E-state index in [0.29, 0.717) is 74.7 Å². The average molecular weight is 734 g/mol. The van der Waals surface area contributed by atoms with E-state index in [1.165, 1.54) is 12.8 Å². The van der Waals surface area contributed by atoms with Crippen molar-refractivity contribution in [2.24, 2.45) is 5.41 Å². The zero-order valence-electron chi connectivity index (χ0n) is 28.9. The molecule has 268 valence electrons. The van der Waals surface area contributed by atoms with Gasteiger partial charge < -0.3 is 25.6 Å². The highest BCUT2D eigenvalue weighted by Gasteiger charge is 2.40. The monoisotopic (exact) mass is 732 g/mol. The number of carbonyl (C=O) groups excluding carboxylic acids is 1. The fraction of sp³-hybridized carbons (Fsp3) is 0.421. The van der Waals surface area contributed by atoms with Crippen molar-refractivity contribution in [2.45, 2.75) is 51.7 Å². The van der Waals surface area contributed by atoms with Gasteiger partial charge >= 0.3 is 0 Å². The molecule has 3 aromatic heterocycles. The van der Waals surface area contributed by atoms with E-state index in [1.54, 1.807) is 38.6 Å². The van der Waals surface area contributed by atoms with Crippen LogP contribution in [0.1, 0.15) is 43.7 Å². The second-order valence-corrected chi connectivity index (χ2v) is 14.6. The van der Waals surface area contributed by atoms with Crippen molar-refractivity contribution in [2.75, 3.05) is 51.7 Å². The van der Waals surface area contributed by atoms with Crippen molar-refractivity contribution in [1.29, 1.82) is 0 Å². The van der Waals surface area contributed by atoms with E-state index in [9.17, 15) is 4.79 Å². The molecule has 0 aliphatic carbocycles. The number of carbonyl (C=O) groups is 1. The molecule has 3 aliphatic heterocycles. The first kappa shape index (κ1) is 35.5. The molecule has 0 radical (unpaired) electrons. The van der Waals surface area contributed by atoms with Crippen LogP contribution in [-0.4, -0.2) is 83.1 Å². The van der Waals surface area contributed by atoms with E-state index in [1.807, 2.05) is 29.2 Å². The number of nitrogens with zero attached hydrogens (tertiary/aromatic N) is 5. The lowest BCUT2D eigenvalue weighted by Crippen LogP contribution is -2.44. The van der Waals surface area contributed by atoms with Crippen LogP contribution in [0.25, 0.3) is 22.5 Å². The van der Waals surface area contributed by atoms with Gasteiger partial charge in [0.15, 0.2) is 11.6 Å². The van der Waals surface area contributed by atoms with Crippen LogP contribution in [0, 0.1) is 11.2 Å². The molecule has 0 bridgehead atoms. The summed E-state index contributed by atoms with van der Waals surface area (Å²) in [5.41, 5.74) is 4.78. The summed E-state index contributed by atoms with van der Waals surface area (Å²) in [6, 6.07) is 13.1. The summed E-state index contributed by atoms with van der Waals surface area (Å²) >= 11 is 14.0. The maximum atomic E-state index is 15.7. The number of aromatic nitrogens is 3. The molecule has 3 N–H and O–H groups in total. The van der Waals surface area contributed by atoms with Crippen molar-refractivity contribution in [3.05, 3.63) is 81.8 Å². The largest absolute Gasteiger partial charge is 0.481 e. The van der Waals surface area contributed by atoms with Crippen LogP contribution in [0.15, 0.2) is 54.9 Å². The van der Waals surface area contributed by atoms with Crippen molar-refractivity contribution in [1.82, 2.24) is 35.4 Å². The van der Waals surface area contributed by atoms with Crippen LogP contribution in [0.2, 0.25) is 10.0 Å². The van der Waals surface area contributed by atoms with E-state index < -0.39 is 5.82 Å². The Morgan fingerprint density at radius 1 is 1.02 bits per heavy atom. The van der Waals surface area contributed by atoms with Crippen LogP contribution in [0.5, 0.6) is 5.88 Å². The molecule has 1 spiro atoms. The molecular formula is C38H43Cl2FN8O2. The standard InChI is InChI=1S/C38H43Cl2FN8O2/c1-24(50)49-17-10-27(11-18-49)45-20-25-8-14-44-36(34(25)41)46-31-5-3-4-29(32(31)39)35-33(40)28(9-15-43-35)30-7-6-26(37(47-30)51-2)21-48-19-13-38(23-48)12-16-42-22-38/h3-9,14-15,27,42,45H,10-13,16-23H2,1-2H3,(H,44,46)/t38-/m0/s1. The molecule has 4 aromatic rings. The number of methoxy groups -OCH3 is 1. The predicted octanol–water partition coefficient (Wildman–Crippen LogP) is 6.69. The Morgan fingerprint density at radius 2 is 1.84 bits per heavy atom. The fourth-order valence-corrected chi connectivity index (χ4v) is 8.17. The van der Waals surface area contributed by atoms with Crippen LogP contribution in [-0.2, 0) is 17.9 Å². The number of benzene rings is 1. The van der Waals surface area contributed by atoms with Gasteiger partial charge in [0.05, 0.1) is 34.2 Å². The molecule has 13 heteroatoms. The van der Waals surface area contributed by atoms with Gasteiger partial charge in [0.1, 0.15) is 0 Å². The maximum Gasteiger partial charge on any atom is 0.219 e. The summed E-state index contributed by atoms with van der Waals surface area (Å²) in [5, 5.41) is 10.8. The lowest BCUT2D eigenvalue weighted by atomic mass is 9.87. The molecule has 6 heterocycles. The Labute approximate surface area is 308 Å². The molecule has 0 unspecified atom stereocenters. The van der Waals surface area contributed by atoms with Gasteiger partial charge in [-0.05, 0) is 68.5 Å². The Bertz CT molecular complexity index is 1900. The fourth-order valence-electron chi connectivity index (χ4n) is 7.59. The van der Waals surface area contributed by atoms with E-state index in [4.69, 9.17) is 32.9 Å². The molecule has 3 saturated heterocycles. The first-order valence-corrected chi connectivity index (χ1v) is 18.3. The Morgan fingerprint density at radius 3 is 2.61 bits per heavy atom. The number of hydrogen-bond acceptors (Lipinski definition) is 9. The number of rotatable bonds is 10. The zero-order chi connectivity index (χ0) is 35.5. The van der Waals surface area contributed by atoms with Crippen LogP contribution in [0.3, 0.4) is 0 Å². The second-order valence-electron chi connectivity index (χ2n) is 13.9. The minimum Gasteiger partial charge on any atom is -0.481 e. The number of likely N-dealkylation sites (tertiary alicyclic amines) is 2. The van der Waals surface area contributed by atoms with Gasteiger partial charge in [-0.3, -0.25) is 14.7 Å². The van der Waals surface area contributed by atoms with E-state index in [-0.39, 0.29) is 17.8 Å². The van der Waals surface area contributed by atoms with Gasteiger partial charge in [0.2, 0.25) is 11.8 Å². The third kappa shape index (κ3) is 7.68. The van der Waals surface area contributed by atoms with Crippen molar-refractivity contribution < 1.29 is 13.9 Å². The van der Waals surface area contributed by atoms with Crippen LogP contribution in [0.4, 0.5) is 15.9 Å². The molecule has 7 rings (SSSR count). The van der Waals surface area contributed by atoms with Crippen LogP contribution < -0.4 is 20.7 Å². The lowest BCUT2D eigenvalue weighted by molar-refractivity contribution is -0.129. The van der Waals surface area contributed by atoms with Gasteiger partial charge in [-0.2, -0.15) is 0 Å². The highest BCUT2D eigenvalue weighted by molar-refractivity contribution is 6.39. The molecule has 0 saturated carbocycles. The summed E-state index contributed by atoms with van der Waals surface area (Å²) in [4.78, 5) is 29.7. The predicted molar refractivity (Wildman–Crippen MR) is 199 cm³/mol. The first-order valence-electron chi connectivity index (χ1n) is 17.5. The van der Waals surface area contributed by atoms with Gasteiger partial charge in [0, 0.05) is 86.9 Å². The van der Waals surface area contributed by atoms with Crippen LogP contribution >= 0.6 is 23.2 Å². The van der Waals surface area contributed by atoms with Gasteiger partial charge in [-0.25, -0.2) is 14.4 Å². The smallest absolute Gasteiger partial charge is 0.219 e. The molecule has 3 fully saturated rings. The number of pyridine rings is 3. The third-order valence-electron chi connectivity index (χ3n) is 10.5. The molecular weight excluding hydrogens is 690 g/mol. The number of piperidine rings is 1. The number of halogens is 3. The average Bonchev–Trinajstić information content (AvgIpc) is 3.78. The normalized spacial score (nSPS) is 19.6. The van der Waals surface area contributed by atoms with E-state index in [2.05, 4.69) is 36.9 Å². The van der Waals surface area contributed by atoms with Gasteiger partial charge in [-0.1, -0.05) is 41.4 Å². The number of hydrogen-bond donors (Lipinski definition) is 3. The minimum absolute atomic E-state index is 0.0629. The Balaban J connectivity index is 1.07. The Hall–Kier alpha value is -3.87. The second kappa shape index (κ2) is 15.4. The number of ether oxygens (including phenoxy) is 1. The molecule has 1 atom stereocenters. The number of anilines is 2. The topological polar surface area (TPSA) is 108 Å².